The summed E-state index contributed by atoms with van der Waals surface area (Å²) in [6.45, 7) is 6.46. The molecule has 3 amide bonds. The normalized spacial score (nSPS) is 15.4. The minimum Gasteiger partial charge on any atom is -0.490 e. The summed E-state index contributed by atoms with van der Waals surface area (Å²) in [5.74, 6) is 0.583. The summed E-state index contributed by atoms with van der Waals surface area (Å²) in [6, 6.07) is 11.8. The van der Waals surface area contributed by atoms with E-state index in [2.05, 4.69) is 10.6 Å². The Labute approximate surface area is 163 Å². The van der Waals surface area contributed by atoms with Crippen LogP contribution in [-0.4, -0.2) is 25.1 Å². The van der Waals surface area contributed by atoms with Crippen molar-refractivity contribution in [3.8, 4) is 5.75 Å². The van der Waals surface area contributed by atoms with Crippen LogP contribution >= 0.6 is 11.6 Å². The van der Waals surface area contributed by atoms with E-state index in [1.54, 1.807) is 47.4 Å². The van der Waals surface area contributed by atoms with Gasteiger partial charge in [-0.15, -0.1) is 0 Å². The van der Waals surface area contributed by atoms with Gasteiger partial charge in [0.1, 0.15) is 12.4 Å². The number of halogens is 1. The van der Waals surface area contributed by atoms with Crippen LogP contribution in [0.15, 0.2) is 42.5 Å². The van der Waals surface area contributed by atoms with E-state index in [-0.39, 0.29) is 12.5 Å². The third-order valence-corrected chi connectivity index (χ3v) is 4.55. The molecule has 2 N–H and O–H groups in total. The third-order valence-electron chi connectivity index (χ3n) is 4.32. The van der Waals surface area contributed by atoms with Gasteiger partial charge in [-0.05, 0) is 51.1 Å². The van der Waals surface area contributed by atoms with Gasteiger partial charge in [-0.3, -0.25) is 4.79 Å². The molecular weight excluding hydrogens is 366 g/mol. The predicted octanol–water partition coefficient (Wildman–Crippen LogP) is 4.76. The number of fused-ring (bicyclic) bond motifs is 1. The molecule has 0 aliphatic carbocycles. The molecule has 142 valence electrons. The van der Waals surface area contributed by atoms with Crippen LogP contribution in [0, 0.1) is 5.41 Å². The van der Waals surface area contributed by atoms with Gasteiger partial charge in [-0.2, -0.15) is 0 Å². The molecule has 6 nitrogen and oxygen atoms in total. The molecule has 0 fully saturated rings. The molecule has 0 saturated carbocycles. The van der Waals surface area contributed by atoms with Crippen LogP contribution in [0.3, 0.4) is 0 Å². The van der Waals surface area contributed by atoms with Crippen molar-refractivity contribution in [1.82, 2.24) is 0 Å². The van der Waals surface area contributed by atoms with E-state index in [1.165, 1.54) is 0 Å². The summed E-state index contributed by atoms with van der Waals surface area (Å²) < 4.78 is 5.87. The Balaban J connectivity index is 1.79. The lowest BCUT2D eigenvalue weighted by Crippen LogP contribution is -2.42. The molecule has 0 radical (unpaired) electrons. The first kappa shape index (κ1) is 19.0. The van der Waals surface area contributed by atoms with E-state index >= 15 is 0 Å². The first-order chi connectivity index (χ1) is 12.8. The van der Waals surface area contributed by atoms with Crippen molar-refractivity contribution in [1.29, 1.82) is 0 Å². The maximum Gasteiger partial charge on any atom is 0.323 e. The fraction of sp³-hybridized carbons (Fsp3) is 0.300. The highest BCUT2D eigenvalue weighted by atomic mass is 35.5. The number of urea groups is 1. The number of carbonyl (C=O) groups excluding carboxylic acids is 2. The summed E-state index contributed by atoms with van der Waals surface area (Å²) in [5.41, 5.74) is 1.24. The zero-order valence-electron chi connectivity index (χ0n) is 15.5. The molecule has 0 saturated heterocycles. The van der Waals surface area contributed by atoms with Gasteiger partial charge in [0.15, 0.2) is 0 Å². The standard InChI is InChI=1S/C20H22ClN3O3/c1-4-24-16-9-8-15(11-17(16)27-12-20(2,3)18(24)25)23-19(26)22-14-7-5-6-13(21)10-14/h5-11H,4,12H2,1-3H3,(H2,22,23,26). The maximum absolute atomic E-state index is 12.7. The smallest absolute Gasteiger partial charge is 0.323 e. The second-order valence-corrected chi connectivity index (χ2v) is 7.43. The second-order valence-electron chi connectivity index (χ2n) is 6.99. The van der Waals surface area contributed by atoms with Gasteiger partial charge in [0.05, 0.1) is 11.1 Å². The molecule has 27 heavy (non-hydrogen) atoms. The first-order valence-electron chi connectivity index (χ1n) is 8.72. The highest BCUT2D eigenvalue weighted by Crippen LogP contribution is 2.38. The predicted molar refractivity (Wildman–Crippen MR) is 108 cm³/mol. The van der Waals surface area contributed by atoms with Gasteiger partial charge in [-0.1, -0.05) is 17.7 Å². The van der Waals surface area contributed by atoms with Crippen molar-refractivity contribution in [2.75, 3.05) is 28.7 Å². The highest BCUT2D eigenvalue weighted by molar-refractivity contribution is 6.30. The lowest BCUT2D eigenvalue weighted by atomic mass is 9.93. The Kier molecular flexibility index (Phi) is 5.28. The summed E-state index contributed by atoms with van der Waals surface area (Å²) in [6.07, 6.45) is 0. The molecule has 3 rings (SSSR count). The third kappa shape index (κ3) is 4.17. The minimum atomic E-state index is -0.618. The van der Waals surface area contributed by atoms with E-state index in [0.717, 1.165) is 0 Å². The molecule has 1 heterocycles. The number of carbonyl (C=O) groups is 2. The van der Waals surface area contributed by atoms with Crippen molar-refractivity contribution < 1.29 is 14.3 Å². The number of anilines is 3. The topological polar surface area (TPSA) is 70.7 Å². The lowest BCUT2D eigenvalue weighted by Gasteiger charge is -2.26. The summed E-state index contributed by atoms with van der Waals surface area (Å²) >= 11 is 5.93. The van der Waals surface area contributed by atoms with Gasteiger partial charge >= 0.3 is 6.03 Å². The molecular formula is C20H22ClN3O3. The molecule has 0 bridgehead atoms. The number of ether oxygens (including phenoxy) is 1. The molecule has 0 spiro atoms. The number of nitrogens with one attached hydrogen (secondary N) is 2. The fourth-order valence-electron chi connectivity index (χ4n) is 2.90. The number of hydrogen-bond acceptors (Lipinski definition) is 3. The molecule has 0 unspecified atom stereocenters. The largest absolute Gasteiger partial charge is 0.490 e. The van der Waals surface area contributed by atoms with Gasteiger partial charge in [-0.25, -0.2) is 4.79 Å². The molecule has 0 aromatic heterocycles. The van der Waals surface area contributed by atoms with Crippen LogP contribution in [0.1, 0.15) is 20.8 Å². The molecule has 0 atom stereocenters. The van der Waals surface area contributed by atoms with Gasteiger partial charge in [0, 0.05) is 29.0 Å². The van der Waals surface area contributed by atoms with E-state index in [9.17, 15) is 9.59 Å². The zero-order valence-corrected chi connectivity index (χ0v) is 16.3. The van der Waals surface area contributed by atoms with Crippen molar-refractivity contribution in [2.45, 2.75) is 20.8 Å². The SMILES string of the molecule is CCN1C(=O)C(C)(C)COc2cc(NC(=O)Nc3cccc(Cl)c3)ccc21. The average Bonchev–Trinajstić information content (AvgIpc) is 2.70. The second kappa shape index (κ2) is 7.48. The molecule has 1 aliphatic heterocycles. The van der Waals surface area contributed by atoms with Crippen LogP contribution in [0.4, 0.5) is 21.9 Å². The van der Waals surface area contributed by atoms with E-state index in [1.807, 2.05) is 20.8 Å². The van der Waals surface area contributed by atoms with Gasteiger partial charge < -0.3 is 20.3 Å². The monoisotopic (exact) mass is 387 g/mol. The molecule has 1 aliphatic rings. The average molecular weight is 388 g/mol. The number of benzene rings is 2. The Morgan fingerprint density at radius 3 is 2.56 bits per heavy atom. The Morgan fingerprint density at radius 2 is 1.89 bits per heavy atom. The van der Waals surface area contributed by atoms with Crippen molar-refractivity contribution in [3.05, 3.63) is 47.5 Å². The van der Waals surface area contributed by atoms with E-state index in [4.69, 9.17) is 16.3 Å². The van der Waals surface area contributed by atoms with E-state index < -0.39 is 11.4 Å². The Morgan fingerprint density at radius 1 is 1.19 bits per heavy atom. The first-order valence-corrected chi connectivity index (χ1v) is 9.10. The number of hydrogen-bond donors (Lipinski definition) is 2. The summed E-state index contributed by atoms with van der Waals surface area (Å²) in [5, 5.41) is 6.03. The van der Waals surface area contributed by atoms with Crippen molar-refractivity contribution in [3.63, 3.8) is 0 Å². The Bertz CT molecular complexity index is 883. The van der Waals surface area contributed by atoms with E-state index in [0.29, 0.717) is 34.4 Å². The number of amides is 3. The lowest BCUT2D eigenvalue weighted by molar-refractivity contribution is -0.127. The van der Waals surface area contributed by atoms with Crippen LogP contribution in [0.25, 0.3) is 0 Å². The maximum atomic E-state index is 12.7. The van der Waals surface area contributed by atoms with Crippen LogP contribution in [-0.2, 0) is 4.79 Å². The van der Waals surface area contributed by atoms with Crippen molar-refractivity contribution >= 4 is 40.6 Å². The zero-order chi connectivity index (χ0) is 19.6. The number of rotatable bonds is 3. The molecule has 2 aromatic rings. The molecule has 7 heteroatoms. The summed E-state index contributed by atoms with van der Waals surface area (Å²) in [4.78, 5) is 26.7. The van der Waals surface area contributed by atoms with Gasteiger partial charge in [0.2, 0.25) is 5.91 Å². The van der Waals surface area contributed by atoms with Gasteiger partial charge in [0.25, 0.3) is 0 Å². The summed E-state index contributed by atoms with van der Waals surface area (Å²) in [7, 11) is 0. The van der Waals surface area contributed by atoms with Crippen LogP contribution in [0.2, 0.25) is 5.02 Å². The van der Waals surface area contributed by atoms with Crippen LogP contribution in [0.5, 0.6) is 5.75 Å². The highest BCUT2D eigenvalue weighted by Gasteiger charge is 2.37. The molecule has 2 aromatic carbocycles. The quantitative estimate of drug-likeness (QED) is 0.797. The Hall–Kier alpha value is -2.73. The minimum absolute atomic E-state index is 0.0168. The van der Waals surface area contributed by atoms with Crippen LogP contribution < -0.4 is 20.3 Å². The fourth-order valence-corrected chi connectivity index (χ4v) is 3.09. The number of nitrogens with zero attached hydrogens (tertiary/aromatic N) is 1. The van der Waals surface area contributed by atoms with Crippen molar-refractivity contribution in [2.24, 2.45) is 5.41 Å².